The van der Waals surface area contributed by atoms with Crippen LogP contribution >= 0.6 is 0 Å². The largest absolute Gasteiger partial charge is 0.294 e. The molecule has 1 unspecified atom stereocenters. The van der Waals surface area contributed by atoms with Crippen LogP contribution in [0.3, 0.4) is 0 Å². The highest BCUT2D eigenvalue weighted by Crippen LogP contribution is 2.19. The van der Waals surface area contributed by atoms with Crippen molar-refractivity contribution in [2.75, 3.05) is 13.1 Å². The number of rotatable bonds is 3. The van der Waals surface area contributed by atoms with Crippen LogP contribution in [0.4, 0.5) is 8.78 Å². The number of nitrogens with zero attached hydrogens (tertiary/aromatic N) is 2. The van der Waals surface area contributed by atoms with Crippen molar-refractivity contribution in [3.63, 3.8) is 0 Å². The summed E-state index contributed by atoms with van der Waals surface area (Å²) >= 11 is 0. The zero-order chi connectivity index (χ0) is 9.68. The molecule has 0 N–H and O–H groups in total. The number of likely N-dealkylation sites (tertiary alicyclic amines) is 1. The van der Waals surface area contributed by atoms with Gasteiger partial charge in [0.25, 0.3) is 6.43 Å². The minimum atomic E-state index is -2.28. The van der Waals surface area contributed by atoms with Gasteiger partial charge in [-0.1, -0.05) is 6.42 Å². The molecule has 2 nitrogen and oxygen atoms in total. The molecule has 0 aliphatic carbocycles. The third-order valence-corrected chi connectivity index (χ3v) is 2.45. The second-order valence-corrected chi connectivity index (χ2v) is 3.40. The van der Waals surface area contributed by atoms with Crippen LogP contribution < -0.4 is 0 Å². The molecule has 1 saturated heterocycles. The Hall–Kier alpha value is -0.690. The van der Waals surface area contributed by atoms with Gasteiger partial charge < -0.3 is 0 Å². The monoisotopic (exact) mass is 188 g/mol. The van der Waals surface area contributed by atoms with Gasteiger partial charge in [0.15, 0.2) is 0 Å². The summed E-state index contributed by atoms with van der Waals surface area (Å²) in [5, 5.41) is 8.51. The molecule has 74 valence electrons. The first-order chi connectivity index (χ1) is 6.24. The lowest BCUT2D eigenvalue weighted by molar-refractivity contribution is 0.0505. The average Bonchev–Trinajstić information content (AvgIpc) is 2.08. The summed E-state index contributed by atoms with van der Waals surface area (Å²) in [6.45, 7) is 0.545. The van der Waals surface area contributed by atoms with Gasteiger partial charge in [0.1, 0.15) is 0 Å². The lowest BCUT2D eigenvalue weighted by Gasteiger charge is -2.33. The van der Waals surface area contributed by atoms with Crippen LogP contribution in [-0.4, -0.2) is 30.5 Å². The van der Waals surface area contributed by atoms with E-state index in [4.69, 9.17) is 5.26 Å². The molecule has 0 radical (unpaired) electrons. The molecule has 13 heavy (non-hydrogen) atoms. The van der Waals surface area contributed by atoms with Crippen molar-refractivity contribution >= 4 is 0 Å². The van der Waals surface area contributed by atoms with E-state index < -0.39 is 6.43 Å². The van der Waals surface area contributed by atoms with Crippen molar-refractivity contribution in [3.8, 4) is 6.07 Å². The maximum absolute atomic E-state index is 12.1. The van der Waals surface area contributed by atoms with E-state index in [1.54, 1.807) is 4.90 Å². The molecule has 1 atom stereocenters. The Morgan fingerprint density at radius 3 is 2.85 bits per heavy atom. The second kappa shape index (κ2) is 5.13. The fourth-order valence-electron chi connectivity index (χ4n) is 1.81. The Labute approximate surface area is 77.1 Å². The Morgan fingerprint density at radius 1 is 1.46 bits per heavy atom. The molecule has 1 heterocycles. The Kier molecular flexibility index (Phi) is 4.10. The summed E-state index contributed by atoms with van der Waals surface area (Å²) in [5.74, 6) is 0. The van der Waals surface area contributed by atoms with E-state index in [9.17, 15) is 8.78 Å². The van der Waals surface area contributed by atoms with Gasteiger partial charge in [-0.05, 0) is 19.4 Å². The standard InChI is InChI=1S/C9H14F2N2/c10-9(11)7-13-6-2-1-3-8(13)4-5-12/h8-9H,1-4,6-7H2. The van der Waals surface area contributed by atoms with Crippen LogP contribution in [0.5, 0.6) is 0 Å². The van der Waals surface area contributed by atoms with Crippen LogP contribution in [0.1, 0.15) is 25.7 Å². The molecule has 1 aliphatic rings. The highest BCUT2D eigenvalue weighted by Gasteiger charge is 2.24. The molecule has 0 bridgehead atoms. The molecule has 0 aromatic heterocycles. The van der Waals surface area contributed by atoms with E-state index in [0.717, 1.165) is 25.8 Å². The fourth-order valence-corrected chi connectivity index (χ4v) is 1.81. The van der Waals surface area contributed by atoms with E-state index in [-0.39, 0.29) is 12.6 Å². The zero-order valence-electron chi connectivity index (χ0n) is 7.55. The minimum absolute atomic E-state index is 0.0627. The lowest BCUT2D eigenvalue weighted by atomic mass is 10.00. The molecule has 1 fully saturated rings. The van der Waals surface area contributed by atoms with E-state index in [2.05, 4.69) is 6.07 Å². The summed E-state index contributed by atoms with van der Waals surface area (Å²) < 4.78 is 24.2. The van der Waals surface area contributed by atoms with Crippen molar-refractivity contribution in [2.24, 2.45) is 0 Å². The Morgan fingerprint density at radius 2 is 2.23 bits per heavy atom. The Bertz CT molecular complexity index is 189. The normalized spacial score (nSPS) is 24.6. The van der Waals surface area contributed by atoms with Gasteiger partial charge in [0.2, 0.25) is 0 Å². The molecule has 0 aromatic carbocycles. The third kappa shape index (κ3) is 3.27. The number of alkyl halides is 2. The van der Waals surface area contributed by atoms with Crippen LogP contribution in [0.15, 0.2) is 0 Å². The topological polar surface area (TPSA) is 27.0 Å². The molecular formula is C9H14F2N2. The van der Waals surface area contributed by atoms with Gasteiger partial charge in [-0.25, -0.2) is 8.78 Å². The van der Waals surface area contributed by atoms with Crippen LogP contribution in [0.25, 0.3) is 0 Å². The maximum Gasteiger partial charge on any atom is 0.251 e. The molecular weight excluding hydrogens is 174 g/mol. The third-order valence-electron chi connectivity index (χ3n) is 2.45. The molecule has 4 heteroatoms. The van der Waals surface area contributed by atoms with Crippen molar-refractivity contribution in [3.05, 3.63) is 0 Å². The number of piperidine rings is 1. The van der Waals surface area contributed by atoms with Gasteiger partial charge >= 0.3 is 0 Å². The molecule has 0 aromatic rings. The second-order valence-electron chi connectivity index (χ2n) is 3.40. The first-order valence-electron chi connectivity index (χ1n) is 4.63. The van der Waals surface area contributed by atoms with Crippen LogP contribution in [0.2, 0.25) is 0 Å². The summed E-state index contributed by atoms with van der Waals surface area (Å²) in [6.07, 6.45) is 1.03. The van der Waals surface area contributed by atoms with E-state index >= 15 is 0 Å². The number of hydrogen-bond acceptors (Lipinski definition) is 2. The van der Waals surface area contributed by atoms with Crippen LogP contribution in [0, 0.1) is 11.3 Å². The molecule has 0 amide bonds. The predicted molar refractivity (Wildman–Crippen MR) is 45.4 cm³/mol. The summed E-state index contributed by atoms with van der Waals surface area (Å²) in [6, 6.07) is 2.12. The van der Waals surface area contributed by atoms with Crippen molar-refractivity contribution in [1.29, 1.82) is 5.26 Å². The summed E-state index contributed by atoms with van der Waals surface area (Å²) in [4.78, 5) is 1.75. The van der Waals surface area contributed by atoms with Crippen LogP contribution in [-0.2, 0) is 0 Å². The highest BCUT2D eigenvalue weighted by molar-refractivity contribution is 4.85. The Balaban J connectivity index is 2.42. The minimum Gasteiger partial charge on any atom is -0.294 e. The highest BCUT2D eigenvalue weighted by atomic mass is 19.3. The summed E-state index contributed by atoms with van der Waals surface area (Å²) in [5.41, 5.74) is 0. The smallest absolute Gasteiger partial charge is 0.251 e. The van der Waals surface area contributed by atoms with E-state index in [1.807, 2.05) is 0 Å². The number of halogens is 2. The fraction of sp³-hybridized carbons (Fsp3) is 0.889. The van der Waals surface area contributed by atoms with Gasteiger partial charge in [0.05, 0.1) is 19.0 Å². The predicted octanol–water partition coefficient (Wildman–Crippen LogP) is 2.02. The molecule has 0 saturated carbocycles. The van der Waals surface area contributed by atoms with Crippen molar-refractivity contribution in [1.82, 2.24) is 4.90 Å². The molecule has 1 rings (SSSR count). The van der Waals surface area contributed by atoms with E-state index in [1.165, 1.54) is 0 Å². The van der Waals surface area contributed by atoms with Gasteiger partial charge in [-0.15, -0.1) is 0 Å². The quantitative estimate of drug-likeness (QED) is 0.677. The first kappa shape index (κ1) is 10.4. The lowest BCUT2D eigenvalue weighted by Crippen LogP contribution is -2.41. The summed E-state index contributed by atoms with van der Waals surface area (Å²) in [7, 11) is 0. The van der Waals surface area contributed by atoms with Crippen molar-refractivity contribution in [2.45, 2.75) is 38.2 Å². The first-order valence-corrected chi connectivity index (χ1v) is 4.63. The molecule has 1 aliphatic heterocycles. The zero-order valence-corrected chi connectivity index (χ0v) is 7.55. The number of hydrogen-bond donors (Lipinski definition) is 0. The maximum atomic E-state index is 12.1. The molecule has 0 spiro atoms. The van der Waals surface area contributed by atoms with Gasteiger partial charge in [-0.3, -0.25) is 4.90 Å². The van der Waals surface area contributed by atoms with Gasteiger partial charge in [0, 0.05) is 6.04 Å². The SMILES string of the molecule is N#CCC1CCCCN1CC(F)F. The van der Waals surface area contributed by atoms with E-state index in [0.29, 0.717) is 6.42 Å². The average molecular weight is 188 g/mol. The number of nitriles is 1. The van der Waals surface area contributed by atoms with Gasteiger partial charge in [-0.2, -0.15) is 5.26 Å². The van der Waals surface area contributed by atoms with Crippen molar-refractivity contribution < 1.29 is 8.78 Å².